The molecule has 42 heavy (non-hydrogen) atoms. The molecule has 0 spiro atoms. The van der Waals surface area contributed by atoms with E-state index in [2.05, 4.69) is 20.8 Å². The van der Waals surface area contributed by atoms with Gasteiger partial charge >= 0.3 is 35.5 Å². The van der Waals surface area contributed by atoms with Crippen LogP contribution in [0.25, 0.3) is 21.9 Å². The number of carbonyl (C=O) groups is 2. The number of azo groups is 1. The monoisotopic (exact) mass is 590 g/mol. The summed E-state index contributed by atoms with van der Waals surface area (Å²) in [5, 5.41) is 22.3. The second-order valence-electron chi connectivity index (χ2n) is 8.86. The molecule has 0 atom stereocenters. The number of carbonyl (C=O) groups excluding carboxylic acids is 1. The molecular formula is C29H21N5NaO6S+. The quantitative estimate of drug-likeness (QED) is 0.0481. The number of fused-ring (bicyclic) bond motifs is 1. The fourth-order valence-electron chi connectivity index (χ4n) is 4.10. The fourth-order valence-corrected chi connectivity index (χ4v) is 4.82. The number of benzene rings is 4. The topological polar surface area (TPSA) is 184 Å². The van der Waals surface area contributed by atoms with Crippen molar-refractivity contribution >= 4 is 61.1 Å². The average molecular weight is 591 g/mol. The van der Waals surface area contributed by atoms with Crippen molar-refractivity contribution in [1.29, 1.82) is 0 Å². The van der Waals surface area contributed by atoms with E-state index < -0.39 is 21.9 Å². The number of ketones is 1. The molecule has 0 fully saturated rings. The molecule has 4 aromatic carbocycles. The number of nitrogens with zero attached hydrogens (tertiary/aromatic N) is 3. The van der Waals surface area contributed by atoms with E-state index in [1.165, 1.54) is 18.2 Å². The molecule has 11 nitrogen and oxygen atoms in total. The molecule has 204 valence electrons. The molecule has 0 amide bonds. The summed E-state index contributed by atoms with van der Waals surface area (Å²) >= 11 is 0. The molecule has 0 aliphatic heterocycles. The SMILES string of the molecule is Nc1c(N=Nc2ccc(-c3ccc(N/N=C4/C=CC(=O)C(C(=O)O)=C4)cc3)cc2)cc(S(=O)(=O)O)c2ccccc12.[Na+]. The van der Waals surface area contributed by atoms with Gasteiger partial charge in [0, 0.05) is 10.8 Å². The van der Waals surface area contributed by atoms with Crippen molar-refractivity contribution in [2.24, 2.45) is 15.3 Å². The molecule has 5 rings (SSSR count). The Morgan fingerprint density at radius 2 is 1.48 bits per heavy atom. The summed E-state index contributed by atoms with van der Waals surface area (Å²) in [4.78, 5) is 22.4. The molecule has 0 saturated carbocycles. The van der Waals surface area contributed by atoms with E-state index in [4.69, 9.17) is 10.8 Å². The Morgan fingerprint density at radius 1 is 0.857 bits per heavy atom. The van der Waals surface area contributed by atoms with E-state index in [1.807, 2.05) is 24.3 Å². The van der Waals surface area contributed by atoms with Gasteiger partial charge in [-0.15, -0.1) is 5.11 Å². The zero-order valence-corrected chi connectivity index (χ0v) is 24.9. The van der Waals surface area contributed by atoms with Crippen LogP contribution in [0.3, 0.4) is 0 Å². The zero-order valence-electron chi connectivity index (χ0n) is 22.1. The summed E-state index contributed by atoms with van der Waals surface area (Å²) in [5.74, 6) is -1.90. The Morgan fingerprint density at radius 3 is 2.10 bits per heavy atom. The summed E-state index contributed by atoms with van der Waals surface area (Å²) in [6, 6.07) is 22.2. The van der Waals surface area contributed by atoms with Gasteiger partial charge in [-0.25, -0.2) is 4.79 Å². The van der Waals surface area contributed by atoms with Gasteiger partial charge < -0.3 is 10.8 Å². The minimum absolute atomic E-state index is 0. The van der Waals surface area contributed by atoms with Gasteiger partial charge in [0.2, 0.25) is 0 Å². The van der Waals surface area contributed by atoms with E-state index >= 15 is 0 Å². The second-order valence-corrected chi connectivity index (χ2v) is 10.3. The van der Waals surface area contributed by atoms with Crippen molar-refractivity contribution in [3.63, 3.8) is 0 Å². The molecule has 1 aliphatic rings. The summed E-state index contributed by atoms with van der Waals surface area (Å²) in [6.07, 6.45) is 3.79. The van der Waals surface area contributed by atoms with E-state index in [-0.39, 0.29) is 56.8 Å². The van der Waals surface area contributed by atoms with E-state index in [1.54, 1.807) is 48.5 Å². The van der Waals surface area contributed by atoms with Crippen LogP contribution in [-0.2, 0) is 19.7 Å². The summed E-state index contributed by atoms with van der Waals surface area (Å²) < 4.78 is 33.5. The predicted octanol–water partition coefficient (Wildman–Crippen LogP) is 2.67. The first kappa shape index (κ1) is 30.5. The summed E-state index contributed by atoms with van der Waals surface area (Å²) in [5.41, 5.74) is 12.3. The third kappa shape index (κ3) is 6.70. The minimum Gasteiger partial charge on any atom is -0.478 e. The molecule has 0 heterocycles. The third-order valence-electron chi connectivity index (χ3n) is 6.17. The Labute approximate surface area is 262 Å². The standard InChI is InChI=1S/C29H21N5O6S.Na/c30-28-23-4-2-1-3-22(23)27(41(38,39)40)16-25(28)34-32-20-11-7-18(8-12-20)17-5-9-19(10-6-17)31-33-21-13-14-26(35)24(15-21)29(36)37;/h1-16,31H,30H2,(H,36,37)(H,38,39,40);/q;+1/b33-21-,34-32?;. The number of rotatable bonds is 7. The first-order valence-corrected chi connectivity index (χ1v) is 13.5. The number of nitrogens with one attached hydrogen (secondary N) is 1. The molecule has 4 aromatic rings. The summed E-state index contributed by atoms with van der Waals surface area (Å²) in [7, 11) is -4.52. The van der Waals surface area contributed by atoms with Crippen LogP contribution in [0.2, 0.25) is 0 Å². The number of allylic oxidation sites excluding steroid dienone is 3. The van der Waals surface area contributed by atoms with Crippen LogP contribution in [0.1, 0.15) is 0 Å². The van der Waals surface area contributed by atoms with Gasteiger partial charge in [-0.3, -0.25) is 14.8 Å². The Bertz CT molecular complexity index is 1930. The van der Waals surface area contributed by atoms with Gasteiger partial charge in [0.05, 0.1) is 22.8 Å². The number of nitrogen functional groups attached to an aromatic ring is 1. The molecule has 0 aromatic heterocycles. The van der Waals surface area contributed by atoms with Crippen LogP contribution in [-0.4, -0.2) is 35.5 Å². The van der Waals surface area contributed by atoms with Gasteiger partial charge in [-0.1, -0.05) is 48.5 Å². The maximum absolute atomic E-state index is 11.9. The average Bonchev–Trinajstić information content (AvgIpc) is 2.96. The van der Waals surface area contributed by atoms with Crippen LogP contribution in [0.15, 0.2) is 123 Å². The van der Waals surface area contributed by atoms with Crippen molar-refractivity contribution in [3.05, 3.63) is 103 Å². The second kappa shape index (κ2) is 12.6. The predicted molar refractivity (Wildman–Crippen MR) is 155 cm³/mol. The molecule has 5 N–H and O–H groups in total. The van der Waals surface area contributed by atoms with Gasteiger partial charge in [0.25, 0.3) is 10.1 Å². The van der Waals surface area contributed by atoms with Crippen molar-refractivity contribution < 1.29 is 57.2 Å². The van der Waals surface area contributed by atoms with Gasteiger partial charge in [0.15, 0.2) is 5.78 Å². The van der Waals surface area contributed by atoms with E-state index in [0.717, 1.165) is 17.2 Å². The van der Waals surface area contributed by atoms with Crippen molar-refractivity contribution in [1.82, 2.24) is 0 Å². The number of anilines is 2. The Kier molecular flexibility index (Phi) is 9.14. The van der Waals surface area contributed by atoms with Crippen LogP contribution >= 0.6 is 0 Å². The number of nitrogens with two attached hydrogens (primary N) is 1. The molecule has 13 heteroatoms. The van der Waals surface area contributed by atoms with Crippen molar-refractivity contribution in [3.8, 4) is 11.1 Å². The molecular weight excluding hydrogens is 569 g/mol. The fraction of sp³-hybridized carbons (Fsp3) is 0. The number of carboxylic acid groups (broad SMARTS) is 1. The first-order chi connectivity index (χ1) is 19.6. The maximum atomic E-state index is 11.9. The Balaban J connectivity index is 0.00000405. The van der Waals surface area contributed by atoms with Crippen LogP contribution in [0.5, 0.6) is 0 Å². The molecule has 0 radical (unpaired) electrons. The largest absolute Gasteiger partial charge is 1.00 e. The zero-order chi connectivity index (χ0) is 29.1. The van der Waals surface area contributed by atoms with Crippen LogP contribution in [0.4, 0.5) is 22.7 Å². The molecule has 1 aliphatic carbocycles. The number of aliphatic carboxylic acids is 1. The summed E-state index contributed by atoms with van der Waals surface area (Å²) in [6.45, 7) is 0. The Hall–Kier alpha value is -4.46. The number of hydrogen-bond acceptors (Lipinski definition) is 9. The number of hydrogen-bond donors (Lipinski definition) is 4. The van der Waals surface area contributed by atoms with Crippen LogP contribution in [0, 0.1) is 0 Å². The van der Waals surface area contributed by atoms with Gasteiger partial charge in [-0.05, 0) is 59.7 Å². The molecule has 0 unspecified atom stereocenters. The van der Waals surface area contributed by atoms with Crippen LogP contribution < -0.4 is 40.7 Å². The van der Waals surface area contributed by atoms with Gasteiger partial charge in [-0.2, -0.15) is 18.6 Å². The maximum Gasteiger partial charge on any atom is 1.00 e. The van der Waals surface area contributed by atoms with E-state index in [0.29, 0.717) is 22.5 Å². The van der Waals surface area contributed by atoms with Crippen molar-refractivity contribution in [2.75, 3.05) is 11.2 Å². The van der Waals surface area contributed by atoms with Crippen molar-refractivity contribution in [2.45, 2.75) is 4.90 Å². The smallest absolute Gasteiger partial charge is 0.478 e. The number of carboxylic acids is 1. The third-order valence-corrected chi connectivity index (χ3v) is 7.06. The molecule has 0 bridgehead atoms. The van der Waals surface area contributed by atoms with E-state index in [9.17, 15) is 22.6 Å². The van der Waals surface area contributed by atoms with Gasteiger partial charge in [0.1, 0.15) is 16.2 Å². The number of hydrazone groups is 1. The normalized spacial score (nSPS) is 14.2. The molecule has 0 saturated heterocycles. The first-order valence-electron chi connectivity index (χ1n) is 12.0. The minimum atomic E-state index is -4.52.